The van der Waals surface area contributed by atoms with E-state index in [1.54, 1.807) is 0 Å². The van der Waals surface area contributed by atoms with Gasteiger partial charge in [0.25, 0.3) is 0 Å². The summed E-state index contributed by atoms with van der Waals surface area (Å²) in [6.07, 6.45) is 12.2. The van der Waals surface area contributed by atoms with E-state index in [1.165, 1.54) is 57.8 Å². The van der Waals surface area contributed by atoms with Gasteiger partial charge in [-0.05, 0) is 37.0 Å². The van der Waals surface area contributed by atoms with Crippen LogP contribution in [0.5, 0.6) is 0 Å². The second-order valence-electron chi connectivity index (χ2n) is 7.62. The van der Waals surface area contributed by atoms with E-state index in [2.05, 4.69) is 22.5 Å². The summed E-state index contributed by atoms with van der Waals surface area (Å²) in [4.78, 5) is 4.57. The van der Waals surface area contributed by atoms with E-state index in [0.29, 0.717) is 23.3 Å². The minimum absolute atomic E-state index is 0.355. The lowest BCUT2D eigenvalue weighted by atomic mass is 9.72. The summed E-state index contributed by atoms with van der Waals surface area (Å²) in [6, 6.07) is 0.545. The first-order chi connectivity index (χ1) is 10.7. The third kappa shape index (κ3) is 4.10. The van der Waals surface area contributed by atoms with Gasteiger partial charge < -0.3 is 10.6 Å². The molecule has 2 saturated carbocycles. The summed E-state index contributed by atoms with van der Waals surface area (Å²) >= 11 is 6.59. The first-order valence-electron chi connectivity index (χ1n) is 9.43. The van der Waals surface area contributed by atoms with E-state index in [0.717, 1.165) is 25.0 Å². The van der Waals surface area contributed by atoms with Crippen LogP contribution >= 0.6 is 11.6 Å². The number of nitrogens with zero attached hydrogens (tertiary/aromatic N) is 1. The smallest absolute Gasteiger partial charge is 0.191 e. The van der Waals surface area contributed by atoms with Crippen LogP contribution in [0.3, 0.4) is 0 Å². The Hall–Kier alpha value is -0.440. The zero-order valence-electron chi connectivity index (χ0n) is 14.0. The summed E-state index contributed by atoms with van der Waals surface area (Å²) in [6.45, 7) is 4.26. The van der Waals surface area contributed by atoms with Gasteiger partial charge >= 0.3 is 0 Å². The lowest BCUT2D eigenvalue weighted by Crippen LogP contribution is -2.49. The molecule has 0 amide bonds. The maximum Gasteiger partial charge on any atom is 0.191 e. The van der Waals surface area contributed by atoms with Gasteiger partial charge in [-0.2, -0.15) is 0 Å². The number of hydrogen-bond acceptors (Lipinski definition) is 3. The molecule has 0 radical (unpaired) electrons. The molecule has 1 aliphatic heterocycles. The number of aliphatic imine (C=N–C) groups is 1. The van der Waals surface area contributed by atoms with Crippen molar-refractivity contribution in [2.24, 2.45) is 22.7 Å². The second-order valence-corrected chi connectivity index (χ2v) is 8.18. The minimum atomic E-state index is 0.355. The molecule has 2 fully saturated rings. The normalized spacial score (nSPS) is 34.8. The van der Waals surface area contributed by atoms with Crippen LogP contribution in [-0.2, 0) is 0 Å². The van der Waals surface area contributed by atoms with Crippen molar-refractivity contribution in [1.29, 1.82) is 0 Å². The Labute approximate surface area is 140 Å². The van der Waals surface area contributed by atoms with Crippen molar-refractivity contribution in [2.45, 2.75) is 76.1 Å². The lowest BCUT2D eigenvalue weighted by molar-refractivity contribution is 0.177. The fourth-order valence-electron chi connectivity index (χ4n) is 4.70. The van der Waals surface area contributed by atoms with Crippen molar-refractivity contribution >= 4 is 17.6 Å². The second kappa shape index (κ2) is 7.90. The van der Waals surface area contributed by atoms with Crippen molar-refractivity contribution in [2.75, 3.05) is 13.1 Å². The highest BCUT2D eigenvalue weighted by Gasteiger charge is 2.36. The maximum absolute atomic E-state index is 6.59. The van der Waals surface area contributed by atoms with Gasteiger partial charge in [-0.3, -0.25) is 4.99 Å². The molecule has 3 rings (SSSR count). The molecule has 2 N–H and O–H groups in total. The van der Waals surface area contributed by atoms with E-state index in [-0.39, 0.29) is 0 Å². The van der Waals surface area contributed by atoms with Gasteiger partial charge in [0.05, 0.1) is 6.54 Å². The molecule has 4 atom stereocenters. The molecule has 0 spiro atoms. The first kappa shape index (κ1) is 16.4. The summed E-state index contributed by atoms with van der Waals surface area (Å²) < 4.78 is 0. The van der Waals surface area contributed by atoms with Gasteiger partial charge in [0, 0.05) is 18.0 Å². The molecule has 2 aliphatic carbocycles. The average Bonchev–Trinajstić information content (AvgIpc) is 3.03. The number of alkyl halides is 1. The predicted molar refractivity (Wildman–Crippen MR) is 94.6 cm³/mol. The quantitative estimate of drug-likeness (QED) is 0.769. The number of nitrogens with one attached hydrogen (secondary N) is 2. The molecule has 22 heavy (non-hydrogen) atoms. The Bertz CT molecular complexity index is 379. The third-order valence-electron chi connectivity index (χ3n) is 6.09. The summed E-state index contributed by atoms with van der Waals surface area (Å²) in [7, 11) is 0. The minimum Gasteiger partial charge on any atom is -0.355 e. The van der Waals surface area contributed by atoms with Crippen LogP contribution in [0, 0.1) is 17.8 Å². The molecule has 0 aromatic heterocycles. The highest BCUT2D eigenvalue weighted by atomic mass is 35.5. The predicted octanol–water partition coefficient (Wildman–Crippen LogP) is 3.92. The fraction of sp³-hybridized carbons (Fsp3) is 0.944. The summed E-state index contributed by atoms with van der Waals surface area (Å²) in [5.74, 6) is 3.24. The van der Waals surface area contributed by atoms with E-state index in [9.17, 15) is 0 Å². The van der Waals surface area contributed by atoms with E-state index < -0.39 is 0 Å². The van der Waals surface area contributed by atoms with Gasteiger partial charge in [0.15, 0.2) is 5.96 Å². The van der Waals surface area contributed by atoms with Crippen LogP contribution in [0.15, 0.2) is 4.99 Å². The van der Waals surface area contributed by atoms with Gasteiger partial charge in [-0.1, -0.05) is 45.4 Å². The van der Waals surface area contributed by atoms with Crippen LogP contribution in [0.25, 0.3) is 0 Å². The zero-order valence-corrected chi connectivity index (χ0v) is 14.7. The molecule has 4 heteroatoms. The van der Waals surface area contributed by atoms with Gasteiger partial charge in [0.1, 0.15) is 0 Å². The van der Waals surface area contributed by atoms with Crippen molar-refractivity contribution < 1.29 is 0 Å². The van der Waals surface area contributed by atoms with Crippen LogP contribution in [-0.4, -0.2) is 30.5 Å². The molecule has 3 aliphatic rings. The standard InChI is InChI=1S/C18H32ClN3/c1-13-15(8-5-9-16(13)19)17(22-18-20-10-11-21-18)12-14-6-3-2-4-7-14/h13-17H,2-12H2,1H3,(H2,20,21,22). The Kier molecular flexibility index (Phi) is 5.89. The Balaban J connectivity index is 1.66. The molecule has 3 nitrogen and oxygen atoms in total. The Morgan fingerprint density at radius 1 is 1.18 bits per heavy atom. The molecular formula is C18H32ClN3. The lowest BCUT2D eigenvalue weighted by Gasteiger charge is -2.40. The molecule has 126 valence electrons. The topological polar surface area (TPSA) is 36.4 Å². The largest absolute Gasteiger partial charge is 0.355 e. The van der Waals surface area contributed by atoms with Crippen molar-refractivity contribution in [1.82, 2.24) is 10.6 Å². The maximum atomic E-state index is 6.59. The van der Waals surface area contributed by atoms with Crippen molar-refractivity contribution in [3.8, 4) is 0 Å². The molecular weight excluding hydrogens is 294 g/mol. The summed E-state index contributed by atoms with van der Waals surface area (Å²) in [5, 5.41) is 7.51. The van der Waals surface area contributed by atoms with E-state index in [1.807, 2.05) is 0 Å². The number of rotatable bonds is 4. The zero-order chi connectivity index (χ0) is 15.4. The van der Waals surface area contributed by atoms with Crippen molar-refractivity contribution in [3.63, 3.8) is 0 Å². The number of guanidine groups is 1. The molecule has 0 aromatic rings. The van der Waals surface area contributed by atoms with Crippen LogP contribution in [0.1, 0.15) is 64.7 Å². The third-order valence-corrected chi connectivity index (χ3v) is 6.70. The Morgan fingerprint density at radius 3 is 2.73 bits per heavy atom. The van der Waals surface area contributed by atoms with Gasteiger partial charge in [0.2, 0.25) is 0 Å². The monoisotopic (exact) mass is 325 g/mol. The van der Waals surface area contributed by atoms with Crippen LogP contribution in [0.2, 0.25) is 0 Å². The van der Waals surface area contributed by atoms with Gasteiger partial charge in [-0.15, -0.1) is 11.6 Å². The van der Waals surface area contributed by atoms with Crippen molar-refractivity contribution in [3.05, 3.63) is 0 Å². The Morgan fingerprint density at radius 2 is 2.00 bits per heavy atom. The SMILES string of the molecule is CC1C(Cl)CCCC1C(CC1CCCCC1)NC1=NCCN1. The summed E-state index contributed by atoms with van der Waals surface area (Å²) in [5.41, 5.74) is 0. The first-order valence-corrected chi connectivity index (χ1v) is 9.86. The van der Waals surface area contributed by atoms with E-state index >= 15 is 0 Å². The highest BCUT2D eigenvalue weighted by Crippen LogP contribution is 2.38. The average molecular weight is 326 g/mol. The number of hydrogen-bond donors (Lipinski definition) is 2. The highest BCUT2D eigenvalue weighted by molar-refractivity contribution is 6.20. The molecule has 0 saturated heterocycles. The molecule has 0 aromatic carbocycles. The van der Waals surface area contributed by atoms with Gasteiger partial charge in [-0.25, -0.2) is 0 Å². The molecule has 4 unspecified atom stereocenters. The molecule has 0 bridgehead atoms. The number of halogens is 1. The van der Waals surface area contributed by atoms with E-state index in [4.69, 9.17) is 11.6 Å². The van der Waals surface area contributed by atoms with Crippen LogP contribution < -0.4 is 10.6 Å². The van der Waals surface area contributed by atoms with Crippen LogP contribution in [0.4, 0.5) is 0 Å². The fourth-order valence-corrected chi connectivity index (χ4v) is 5.04. The molecule has 1 heterocycles.